The van der Waals surface area contributed by atoms with Crippen LogP contribution in [0.5, 0.6) is 0 Å². The van der Waals surface area contributed by atoms with Crippen molar-refractivity contribution in [3.05, 3.63) is 80.1 Å². The molecule has 16 heteroatoms. The highest BCUT2D eigenvalue weighted by Crippen LogP contribution is 2.40. The Morgan fingerprint density at radius 3 is 2.21 bits per heavy atom. The van der Waals surface area contributed by atoms with Gasteiger partial charge < -0.3 is 10.4 Å². The second-order valence-electron chi connectivity index (χ2n) is 9.05. The maximum Gasteiger partial charge on any atom is 0.416 e. The number of carboxylic acid groups (broad SMARTS) is 1. The van der Waals surface area contributed by atoms with E-state index in [0.717, 1.165) is 34.1 Å². The quantitative estimate of drug-likeness (QED) is 0.148. The third-order valence-electron chi connectivity index (χ3n) is 5.91. The molecule has 226 valence electrons. The first-order valence-electron chi connectivity index (χ1n) is 11.9. The summed E-state index contributed by atoms with van der Waals surface area (Å²) in [6.07, 6.45) is -9.28. The number of nitrogens with zero attached hydrogens (tertiary/aromatic N) is 1. The van der Waals surface area contributed by atoms with E-state index in [9.17, 15) is 45.1 Å². The normalized spacial score (nSPS) is 15.0. The summed E-state index contributed by atoms with van der Waals surface area (Å²) >= 11 is 7.11. The molecule has 2 N–H and O–H groups in total. The number of thioether (sulfide) groups is 1. The predicted molar refractivity (Wildman–Crippen MR) is 151 cm³/mol. The first kappa shape index (κ1) is 32.2. The van der Waals surface area contributed by atoms with Crippen molar-refractivity contribution in [2.24, 2.45) is 0 Å². The Hall–Kier alpha value is -3.76. The Balaban J connectivity index is 1.44. The average Bonchev–Trinajstić information content (AvgIpc) is 3.47. The van der Waals surface area contributed by atoms with Crippen molar-refractivity contribution in [2.75, 3.05) is 11.9 Å². The van der Waals surface area contributed by atoms with Crippen molar-refractivity contribution in [1.82, 2.24) is 4.90 Å². The number of thiocarbonyl (C=S) groups is 1. The molecule has 4 rings (SSSR count). The van der Waals surface area contributed by atoms with Crippen LogP contribution in [-0.2, 0) is 33.2 Å². The summed E-state index contributed by atoms with van der Waals surface area (Å²) in [4.78, 5) is 37.7. The molecule has 6 nitrogen and oxygen atoms in total. The molecule has 1 fully saturated rings. The van der Waals surface area contributed by atoms with Crippen LogP contribution < -0.4 is 5.32 Å². The number of alkyl halides is 6. The number of halogens is 7. The number of anilines is 1. The second kappa shape index (κ2) is 12.5. The van der Waals surface area contributed by atoms with Gasteiger partial charge in [0.15, 0.2) is 0 Å². The van der Waals surface area contributed by atoms with Crippen molar-refractivity contribution < 1.29 is 50.2 Å². The van der Waals surface area contributed by atoms with E-state index in [0.29, 0.717) is 17.0 Å². The SMILES string of the molecule is O=C(O)Cc1ccc(NC(=O)CCN2C(=O)C(=Cc3cc(-c4cc(C(F)(F)F)cc(C(F)(F)F)c4)cs3)SC2=S)c(F)c1. The number of carbonyl (C=O) groups excluding carboxylic acids is 2. The lowest BCUT2D eigenvalue weighted by molar-refractivity contribution is -0.143. The molecule has 2 aromatic carbocycles. The van der Waals surface area contributed by atoms with Gasteiger partial charge in [0.2, 0.25) is 5.91 Å². The van der Waals surface area contributed by atoms with Crippen LogP contribution in [0.1, 0.15) is 28.0 Å². The van der Waals surface area contributed by atoms with E-state index >= 15 is 0 Å². The van der Waals surface area contributed by atoms with Gasteiger partial charge in [0.25, 0.3) is 5.91 Å². The molecular formula is C27H17F7N2O4S3. The molecule has 0 spiro atoms. The lowest BCUT2D eigenvalue weighted by Crippen LogP contribution is -2.31. The lowest BCUT2D eigenvalue weighted by atomic mass is 10.0. The fourth-order valence-corrected chi connectivity index (χ4v) is 6.12. The van der Waals surface area contributed by atoms with Crippen LogP contribution in [0.3, 0.4) is 0 Å². The Kier molecular flexibility index (Phi) is 9.32. The topological polar surface area (TPSA) is 86.7 Å². The zero-order chi connectivity index (χ0) is 31.7. The third kappa shape index (κ3) is 8.00. The van der Waals surface area contributed by atoms with E-state index < -0.39 is 53.5 Å². The maximum absolute atomic E-state index is 14.2. The highest BCUT2D eigenvalue weighted by Gasteiger charge is 2.37. The molecule has 0 aliphatic carbocycles. The minimum atomic E-state index is -5.00. The molecule has 0 atom stereocenters. The number of thiophene rings is 1. The van der Waals surface area contributed by atoms with Gasteiger partial charge in [0.05, 0.1) is 28.1 Å². The molecule has 2 amide bonds. The lowest BCUT2D eigenvalue weighted by Gasteiger charge is -2.14. The van der Waals surface area contributed by atoms with E-state index in [-0.39, 0.29) is 50.6 Å². The molecule has 1 aliphatic heterocycles. The van der Waals surface area contributed by atoms with Crippen LogP contribution in [0.4, 0.5) is 36.4 Å². The summed E-state index contributed by atoms with van der Waals surface area (Å²) in [6, 6.07) is 6.15. The largest absolute Gasteiger partial charge is 0.481 e. The van der Waals surface area contributed by atoms with E-state index in [1.54, 1.807) is 0 Å². The number of amides is 2. The number of rotatable bonds is 8. The number of carbonyl (C=O) groups is 3. The molecule has 1 saturated heterocycles. The number of aliphatic carboxylic acids is 1. The minimum absolute atomic E-state index is 0.0386. The molecule has 0 bridgehead atoms. The molecule has 0 radical (unpaired) electrons. The Labute approximate surface area is 252 Å². The smallest absolute Gasteiger partial charge is 0.416 e. The first-order chi connectivity index (χ1) is 20.0. The summed E-state index contributed by atoms with van der Waals surface area (Å²) in [5.74, 6) is -3.20. The van der Waals surface area contributed by atoms with Gasteiger partial charge in [-0.15, -0.1) is 11.3 Å². The maximum atomic E-state index is 14.2. The molecule has 43 heavy (non-hydrogen) atoms. The van der Waals surface area contributed by atoms with Crippen molar-refractivity contribution in [1.29, 1.82) is 0 Å². The van der Waals surface area contributed by atoms with Gasteiger partial charge in [-0.3, -0.25) is 19.3 Å². The highest BCUT2D eigenvalue weighted by molar-refractivity contribution is 8.26. The van der Waals surface area contributed by atoms with Crippen molar-refractivity contribution in [2.45, 2.75) is 25.2 Å². The van der Waals surface area contributed by atoms with Crippen molar-refractivity contribution in [3.8, 4) is 11.1 Å². The monoisotopic (exact) mass is 662 g/mol. The molecule has 0 saturated carbocycles. The first-order valence-corrected chi connectivity index (χ1v) is 14.1. The summed E-state index contributed by atoms with van der Waals surface area (Å²) in [6.45, 7) is -0.160. The molecule has 1 aromatic heterocycles. The third-order valence-corrected chi connectivity index (χ3v) is 8.17. The molecule has 0 unspecified atom stereocenters. The van der Waals surface area contributed by atoms with Crippen LogP contribution in [-0.4, -0.2) is 38.7 Å². The summed E-state index contributed by atoms with van der Waals surface area (Å²) in [5, 5.41) is 12.5. The van der Waals surface area contributed by atoms with Gasteiger partial charge in [-0.25, -0.2) is 4.39 Å². The zero-order valence-corrected chi connectivity index (χ0v) is 23.8. The zero-order valence-electron chi connectivity index (χ0n) is 21.3. The highest BCUT2D eigenvalue weighted by atomic mass is 32.2. The number of hydrogen-bond acceptors (Lipinski definition) is 6. The summed E-state index contributed by atoms with van der Waals surface area (Å²) < 4.78 is 93.8. The van der Waals surface area contributed by atoms with Crippen molar-refractivity contribution >= 4 is 69.2 Å². The van der Waals surface area contributed by atoms with E-state index in [1.165, 1.54) is 29.7 Å². The second-order valence-corrected chi connectivity index (χ2v) is 11.7. The molecule has 2 heterocycles. The van der Waals surface area contributed by atoms with E-state index in [1.807, 2.05) is 0 Å². The number of nitrogens with one attached hydrogen (secondary N) is 1. The van der Waals surface area contributed by atoms with Crippen LogP contribution in [0.2, 0.25) is 0 Å². The Bertz CT molecular complexity index is 1620. The van der Waals surface area contributed by atoms with Gasteiger partial charge in [0.1, 0.15) is 10.1 Å². The van der Waals surface area contributed by atoms with Gasteiger partial charge in [0, 0.05) is 17.8 Å². The van der Waals surface area contributed by atoms with E-state index in [2.05, 4.69) is 5.32 Å². The van der Waals surface area contributed by atoms with Crippen LogP contribution >= 0.6 is 35.3 Å². The van der Waals surface area contributed by atoms with Crippen LogP contribution in [0.25, 0.3) is 17.2 Å². The summed E-state index contributed by atoms with van der Waals surface area (Å²) in [5.41, 5.74) is -3.10. The van der Waals surface area contributed by atoms with Crippen LogP contribution in [0, 0.1) is 5.82 Å². The van der Waals surface area contributed by atoms with E-state index in [4.69, 9.17) is 17.3 Å². The minimum Gasteiger partial charge on any atom is -0.481 e. The predicted octanol–water partition coefficient (Wildman–Crippen LogP) is 7.45. The fourth-order valence-electron chi connectivity index (χ4n) is 3.89. The van der Waals surface area contributed by atoms with Gasteiger partial charge >= 0.3 is 18.3 Å². The Morgan fingerprint density at radius 2 is 1.63 bits per heavy atom. The number of carboxylic acids is 1. The van der Waals surface area contributed by atoms with Gasteiger partial charge in [-0.2, -0.15) is 26.3 Å². The van der Waals surface area contributed by atoms with Gasteiger partial charge in [-0.05, 0) is 64.5 Å². The van der Waals surface area contributed by atoms with Crippen molar-refractivity contribution in [3.63, 3.8) is 0 Å². The van der Waals surface area contributed by atoms with Crippen LogP contribution in [0.15, 0.2) is 52.7 Å². The number of benzene rings is 2. The molecule has 3 aromatic rings. The number of hydrogen-bond donors (Lipinski definition) is 2. The standard InChI is InChI=1S/C27H17F7N2O4S3/c28-19-5-13(6-23(38)39)1-2-20(19)35-22(37)3-4-36-24(40)21(43-25(36)41)11-18-9-15(12-42-18)14-7-16(26(29,30)31)10-17(8-14)27(32,33)34/h1-2,5,7-12H,3-4,6H2,(H,35,37)(H,38,39). The Morgan fingerprint density at radius 1 is 0.977 bits per heavy atom. The molecule has 1 aliphatic rings. The molecular weight excluding hydrogens is 645 g/mol. The van der Waals surface area contributed by atoms with Gasteiger partial charge in [-0.1, -0.05) is 30.0 Å². The average molecular weight is 663 g/mol. The summed E-state index contributed by atoms with van der Waals surface area (Å²) in [7, 11) is 0. The fraction of sp³-hybridized carbons (Fsp3) is 0.185.